The molecule has 1 heterocycles. The lowest BCUT2D eigenvalue weighted by molar-refractivity contribution is 0.0224. The Morgan fingerprint density at radius 3 is 2.95 bits per heavy atom. The average molecular weight is 279 g/mol. The van der Waals surface area contributed by atoms with E-state index in [1.54, 1.807) is 6.08 Å². The fourth-order valence-electron chi connectivity index (χ4n) is 2.30. The molecular formula is C16H25NO3. The largest absolute Gasteiger partial charge is 0.465 e. The highest BCUT2D eigenvalue weighted by Crippen LogP contribution is 2.30. The normalized spacial score (nSPS) is 16.6. The molecule has 0 radical (unpaired) electrons. The van der Waals surface area contributed by atoms with Crippen molar-refractivity contribution in [1.29, 1.82) is 0 Å². The van der Waals surface area contributed by atoms with E-state index in [9.17, 15) is 5.11 Å². The minimum Gasteiger partial charge on any atom is -0.465 e. The van der Waals surface area contributed by atoms with Crippen molar-refractivity contribution in [2.75, 3.05) is 26.3 Å². The lowest BCUT2D eigenvalue weighted by atomic mass is 10.2. The van der Waals surface area contributed by atoms with Crippen molar-refractivity contribution < 1.29 is 14.3 Å². The van der Waals surface area contributed by atoms with Crippen LogP contribution in [0.1, 0.15) is 24.4 Å². The number of aliphatic hydroxyl groups is 1. The first-order valence-corrected chi connectivity index (χ1v) is 7.31. The van der Waals surface area contributed by atoms with E-state index >= 15 is 0 Å². The van der Waals surface area contributed by atoms with Gasteiger partial charge in [-0.1, -0.05) is 6.08 Å². The zero-order valence-electron chi connectivity index (χ0n) is 12.3. The van der Waals surface area contributed by atoms with Crippen LogP contribution in [-0.2, 0) is 11.3 Å². The molecule has 0 unspecified atom stereocenters. The highest BCUT2D eigenvalue weighted by atomic mass is 16.5. The Hall–Kier alpha value is -1.10. The van der Waals surface area contributed by atoms with Gasteiger partial charge in [0.05, 0.1) is 25.9 Å². The standard InChI is InChI=1S/C16H25NO3/c1-3-8-19-12-15(18)10-17(9-14-5-6-14)11-16-7-4-13(2)20-16/h3-4,7,14-15,18H,1,5-6,8-12H2,2H3/t15-/m0/s1. The van der Waals surface area contributed by atoms with Crippen molar-refractivity contribution in [3.8, 4) is 0 Å². The van der Waals surface area contributed by atoms with Crippen molar-refractivity contribution in [3.63, 3.8) is 0 Å². The Morgan fingerprint density at radius 2 is 2.35 bits per heavy atom. The van der Waals surface area contributed by atoms with Crippen LogP contribution in [0, 0.1) is 12.8 Å². The molecule has 0 saturated heterocycles. The van der Waals surface area contributed by atoms with Crippen LogP contribution >= 0.6 is 0 Å². The van der Waals surface area contributed by atoms with Crippen molar-refractivity contribution in [2.24, 2.45) is 5.92 Å². The predicted octanol–water partition coefficient (Wildman–Crippen LogP) is 2.36. The number of hydrogen-bond acceptors (Lipinski definition) is 4. The van der Waals surface area contributed by atoms with Crippen LogP contribution in [-0.4, -0.2) is 42.4 Å². The molecule has 0 amide bonds. The third kappa shape index (κ3) is 5.49. The Balaban J connectivity index is 1.81. The molecule has 20 heavy (non-hydrogen) atoms. The fourth-order valence-corrected chi connectivity index (χ4v) is 2.30. The molecule has 112 valence electrons. The summed E-state index contributed by atoms with van der Waals surface area (Å²) in [5, 5.41) is 10.0. The molecule has 4 heteroatoms. The smallest absolute Gasteiger partial charge is 0.118 e. The summed E-state index contributed by atoms with van der Waals surface area (Å²) in [6, 6.07) is 3.99. The number of furan rings is 1. The molecule has 0 aliphatic heterocycles. The maximum atomic E-state index is 10.0. The second-order valence-electron chi connectivity index (χ2n) is 5.63. The SMILES string of the molecule is C=CCOC[C@@H](O)CN(Cc1ccc(C)o1)CC1CC1. The molecule has 0 aromatic carbocycles. The zero-order valence-corrected chi connectivity index (χ0v) is 12.3. The summed E-state index contributed by atoms with van der Waals surface area (Å²) in [6.07, 6.45) is 3.83. The van der Waals surface area contributed by atoms with E-state index in [0.717, 1.165) is 30.5 Å². The summed E-state index contributed by atoms with van der Waals surface area (Å²) < 4.78 is 10.9. The first kappa shape index (κ1) is 15.3. The molecular weight excluding hydrogens is 254 g/mol. The topological polar surface area (TPSA) is 45.8 Å². The van der Waals surface area contributed by atoms with E-state index in [0.29, 0.717) is 19.8 Å². The lowest BCUT2D eigenvalue weighted by Crippen LogP contribution is -2.35. The number of ether oxygens (including phenoxy) is 1. The summed E-state index contributed by atoms with van der Waals surface area (Å²) >= 11 is 0. The van der Waals surface area contributed by atoms with Gasteiger partial charge in [0.1, 0.15) is 11.5 Å². The first-order chi connectivity index (χ1) is 9.67. The minimum absolute atomic E-state index is 0.352. The maximum Gasteiger partial charge on any atom is 0.118 e. The monoisotopic (exact) mass is 279 g/mol. The van der Waals surface area contributed by atoms with E-state index in [2.05, 4.69) is 11.5 Å². The fraction of sp³-hybridized carbons (Fsp3) is 0.625. The Morgan fingerprint density at radius 1 is 1.55 bits per heavy atom. The molecule has 1 aromatic rings. The van der Waals surface area contributed by atoms with E-state index in [-0.39, 0.29) is 0 Å². The third-order valence-electron chi connectivity index (χ3n) is 3.40. The van der Waals surface area contributed by atoms with Crippen LogP contribution in [0.2, 0.25) is 0 Å². The van der Waals surface area contributed by atoms with E-state index in [1.807, 2.05) is 19.1 Å². The molecule has 1 aliphatic rings. The highest BCUT2D eigenvalue weighted by Gasteiger charge is 2.25. The van der Waals surface area contributed by atoms with Crippen LogP contribution in [0.15, 0.2) is 29.2 Å². The van der Waals surface area contributed by atoms with Gasteiger partial charge in [-0.05, 0) is 37.8 Å². The number of hydrogen-bond donors (Lipinski definition) is 1. The third-order valence-corrected chi connectivity index (χ3v) is 3.40. The predicted molar refractivity (Wildman–Crippen MR) is 78.5 cm³/mol. The second kappa shape index (κ2) is 7.62. The van der Waals surface area contributed by atoms with Gasteiger partial charge in [-0.3, -0.25) is 4.90 Å². The van der Waals surface area contributed by atoms with Gasteiger partial charge in [0.2, 0.25) is 0 Å². The summed E-state index contributed by atoms with van der Waals surface area (Å²) in [5.41, 5.74) is 0. The maximum absolute atomic E-state index is 10.0. The van der Waals surface area contributed by atoms with E-state index in [1.165, 1.54) is 12.8 Å². The molecule has 1 N–H and O–H groups in total. The molecule has 1 aliphatic carbocycles. The van der Waals surface area contributed by atoms with Gasteiger partial charge in [0, 0.05) is 13.1 Å². The van der Waals surface area contributed by atoms with Gasteiger partial charge in [-0.15, -0.1) is 6.58 Å². The average Bonchev–Trinajstić information content (AvgIpc) is 3.11. The Labute approximate surface area is 121 Å². The Bertz CT molecular complexity index is 412. The summed E-state index contributed by atoms with van der Waals surface area (Å²) in [7, 11) is 0. The Kier molecular flexibility index (Phi) is 5.83. The molecule has 1 fully saturated rings. The van der Waals surface area contributed by atoms with Gasteiger partial charge in [0.15, 0.2) is 0 Å². The minimum atomic E-state index is -0.468. The second-order valence-corrected chi connectivity index (χ2v) is 5.63. The molecule has 1 atom stereocenters. The van der Waals surface area contributed by atoms with Crippen LogP contribution in [0.25, 0.3) is 0 Å². The van der Waals surface area contributed by atoms with Crippen molar-refractivity contribution >= 4 is 0 Å². The summed E-state index contributed by atoms with van der Waals surface area (Å²) in [5.74, 6) is 2.68. The van der Waals surface area contributed by atoms with Gasteiger partial charge < -0.3 is 14.3 Å². The van der Waals surface area contributed by atoms with Crippen molar-refractivity contribution in [2.45, 2.75) is 32.4 Å². The van der Waals surface area contributed by atoms with Crippen LogP contribution in [0.3, 0.4) is 0 Å². The number of nitrogens with zero attached hydrogens (tertiary/aromatic N) is 1. The van der Waals surface area contributed by atoms with Crippen LogP contribution in [0.5, 0.6) is 0 Å². The lowest BCUT2D eigenvalue weighted by Gasteiger charge is -2.24. The van der Waals surface area contributed by atoms with Gasteiger partial charge in [-0.2, -0.15) is 0 Å². The number of rotatable bonds is 10. The highest BCUT2D eigenvalue weighted by molar-refractivity contribution is 5.05. The molecule has 0 bridgehead atoms. The first-order valence-electron chi connectivity index (χ1n) is 7.31. The van der Waals surface area contributed by atoms with Gasteiger partial charge in [0.25, 0.3) is 0 Å². The van der Waals surface area contributed by atoms with Gasteiger partial charge >= 0.3 is 0 Å². The van der Waals surface area contributed by atoms with Crippen molar-refractivity contribution in [3.05, 3.63) is 36.3 Å². The molecule has 1 aromatic heterocycles. The van der Waals surface area contributed by atoms with Crippen molar-refractivity contribution in [1.82, 2.24) is 4.90 Å². The van der Waals surface area contributed by atoms with E-state index in [4.69, 9.17) is 9.15 Å². The molecule has 2 rings (SSSR count). The van der Waals surface area contributed by atoms with Crippen LogP contribution in [0.4, 0.5) is 0 Å². The number of aliphatic hydroxyl groups excluding tert-OH is 1. The van der Waals surface area contributed by atoms with E-state index < -0.39 is 6.10 Å². The molecule has 4 nitrogen and oxygen atoms in total. The van der Waals surface area contributed by atoms with Crippen LogP contribution < -0.4 is 0 Å². The van der Waals surface area contributed by atoms with Gasteiger partial charge in [-0.25, -0.2) is 0 Å². The summed E-state index contributed by atoms with van der Waals surface area (Å²) in [4.78, 5) is 2.26. The molecule has 0 spiro atoms. The zero-order chi connectivity index (χ0) is 14.4. The summed E-state index contributed by atoms with van der Waals surface area (Å²) in [6.45, 7) is 8.78. The molecule has 1 saturated carbocycles. The quantitative estimate of drug-likeness (QED) is 0.527. The number of aryl methyl sites for hydroxylation is 1.